The second kappa shape index (κ2) is 4.86. The molecule has 0 radical (unpaired) electrons. The summed E-state index contributed by atoms with van der Waals surface area (Å²) in [5.74, 6) is 0. The van der Waals surface area contributed by atoms with Crippen LogP contribution in [0.5, 0.6) is 0 Å². The highest BCUT2D eigenvalue weighted by Crippen LogP contribution is 2.22. The van der Waals surface area contributed by atoms with E-state index in [4.69, 9.17) is 5.11 Å². The predicted molar refractivity (Wildman–Crippen MR) is 48.2 cm³/mol. The van der Waals surface area contributed by atoms with Crippen molar-refractivity contribution in [1.82, 2.24) is 4.72 Å². The number of rotatable bonds is 5. The fourth-order valence-corrected chi connectivity index (χ4v) is 2.51. The Bertz CT molecular complexity index is 325. The van der Waals surface area contributed by atoms with Gasteiger partial charge in [0.15, 0.2) is 0 Å². The SMILES string of the molecule is O=S(=O)(NC(CO)CC(F)(F)F)C1COC1. The minimum atomic E-state index is -4.52. The van der Waals surface area contributed by atoms with Gasteiger partial charge in [-0.2, -0.15) is 13.2 Å². The molecule has 1 fully saturated rings. The fourth-order valence-electron chi connectivity index (χ4n) is 1.14. The van der Waals surface area contributed by atoms with E-state index in [0.717, 1.165) is 0 Å². The molecule has 96 valence electrons. The molecule has 0 amide bonds. The summed E-state index contributed by atoms with van der Waals surface area (Å²) in [7, 11) is -3.84. The fraction of sp³-hybridized carbons (Fsp3) is 1.00. The second-order valence-corrected chi connectivity index (χ2v) is 5.51. The van der Waals surface area contributed by atoms with Gasteiger partial charge in [0, 0.05) is 0 Å². The van der Waals surface area contributed by atoms with Gasteiger partial charge in [0.05, 0.1) is 32.3 Å². The van der Waals surface area contributed by atoms with Crippen LogP contribution in [0.25, 0.3) is 0 Å². The van der Waals surface area contributed by atoms with Gasteiger partial charge in [0.2, 0.25) is 10.0 Å². The highest BCUT2D eigenvalue weighted by Gasteiger charge is 2.38. The number of alkyl halides is 3. The molecule has 0 aliphatic carbocycles. The lowest BCUT2D eigenvalue weighted by Crippen LogP contribution is -2.51. The minimum absolute atomic E-state index is 0.0283. The monoisotopic (exact) mass is 263 g/mol. The van der Waals surface area contributed by atoms with Crippen LogP contribution in [0.4, 0.5) is 13.2 Å². The highest BCUT2D eigenvalue weighted by molar-refractivity contribution is 7.90. The quantitative estimate of drug-likeness (QED) is 0.709. The van der Waals surface area contributed by atoms with Crippen LogP contribution in [0.3, 0.4) is 0 Å². The zero-order valence-electron chi connectivity index (χ0n) is 8.20. The van der Waals surface area contributed by atoms with E-state index in [2.05, 4.69) is 4.74 Å². The number of ether oxygens (including phenoxy) is 1. The molecule has 0 spiro atoms. The highest BCUT2D eigenvalue weighted by atomic mass is 32.2. The zero-order chi connectivity index (χ0) is 12.4. The molecule has 0 saturated carbocycles. The average molecular weight is 263 g/mol. The summed E-state index contributed by atoms with van der Waals surface area (Å²) in [5, 5.41) is 7.84. The Balaban J connectivity index is 2.55. The third kappa shape index (κ3) is 3.89. The molecule has 1 saturated heterocycles. The molecule has 0 aromatic heterocycles. The summed E-state index contributed by atoms with van der Waals surface area (Å²) < 4.78 is 65.2. The van der Waals surface area contributed by atoms with Crippen LogP contribution < -0.4 is 4.72 Å². The number of hydrogen-bond acceptors (Lipinski definition) is 4. The van der Waals surface area contributed by atoms with Crippen molar-refractivity contribution in [2.45, 2.75) is 23.9 Å². The number of nitrogens with one attached hydrogen (secondary N) is 1. The van der Waals surface area contributed by atoms with Crippen molar-refractivity contribution in [3.63, 3.8) is 0 Å². The number of aliphatic hydroxyl groups is 1. The van der Waals surface area contributed by atoms with E-state index in [0.29, 0.717) is 0 Å². The molecule has 1 atom stereocenters. The van der Waals surface area contributed by atoms with Gasteiger partial charge in [0.25, 0.3) is 0 Å². The predicted octanol–water partition coefficient (Wildman–Crippen LogP) is -0.382. The molecule has 9 heteroatoms. The zero-order valence-corrected chi connectivity index (χ0v) is 9.01. The molecule has 0 aromatic carbocycles. The van der Waals surface area contributed by atoms with Crippen molar-refractivity contribution in [3.8, 4) is 0 Å². The van der Waals surface area contributed by atoms with E-state index >= 15 is 0 Å². The van der Waals surface area contributed by atoms with Gasteiger partial charge in [0.1, 0.15) is 5.25 Å². The van der Waals surface area contributed by atoms with Crippen molar-refractivity contribution in [2.75, 3.05) is 19.8 Å². The third-order valence-electron chi connectivity index (χ3n) is 2.08. The summed E-state index contributed by atoms with van der Waals surface area (Å²) in [6.45, 7) is -0.953. The van der Waals surface area contributed by atoms with Crippen LogP contribution in [0, 0.1) is 0 Å². The second-order valence-electron chi connectivity index (χ2n) is 3.52. The molecular weight excluding hydrogens is 251 g/mol. The lowest BCUT2D eigenvalue weighted by Gasteiger charge is -2.28. The molecule has 16 heavy (non-hydrogen) atoms. The van der Waals surface area contributed by atoms with E-state index < -0.39 is 40.5 Å². The van der Waals surface area contributed by atoms with Gasteiger partial charge in [-0.3, -0.25) is 0 Å². The van der Waals surface area contributed by atoms with Crippen LogP contribution in [-0.4, -0.2) is 50.8 Å². The van der Waals surface area contributed by atoms with E-state index in [1.807, 2.05) is 4.72 Å². The summed E-state index contributed by atoms with van der Waals surface area (Å²) in [4.78, 5) is 0. The smallest absolute Gasteiger partial charge is 0.390 e. The van der Waals surface area contributed by atoms with Gasteiger partial charge >= 0.3 is 6.18 Å². The molecule has 1 heterocycles. The van der Waals surface area contributed by atoms with Crippen molar-refractivity contribution in [1.29, 1.82) is 0 Å². The number of halogens is 3. The Labute approximate surface area is 90.6 Å². The van der Waals surface area contributed by atoms with E-state index in [1.165, 1.54) is 0 Å². The van der Waals surface area contributed by atoms with Crippen LogP contribution in [-0.2, 0) is 14.8 Å². The van der Waals surface area contributed by atoms with Crippen LogP contribution in [0.1, 0.15) is 6.42 Å². The maximum Gasteiger partial charge on any atom is 0.390 e. The maximum atomic E-state index is 12.0. The van der Waals surface area contributed by atoms with Gasteiger partial charge in [-0.05, 0) is 0 Å². The summed E-state index contributed by atoms with van der Waals surface area (Å²) in [6.07, 6.45) is -5.91. The largest absolute Gasteiger partial charge is 0.395 e. The Morgan fingerprint density at radius 3 is 2.31 bits per heavy atom. The topological polar surface area (TPSA) is 75.6 Å². The number of aliphatic hydroxyl groups excluding tert-OH is 1. The minimum Gasteiger partial charge on any atom is -0.395 e. The first kappa shape index (κ1) is 13.7. The molecule has 0 bridgehead atoms. The molecule has 1 aliphatic heterocycles. The molecule has 1 aliphatic rings. The van der Waals surface area contributed by atoms with Gasteiger partial charge in [-0.1, -0.05) is 0 Å². The van der Waals surface area contributed by atoms with E-state index in [9.17, 15) is 21.6 Å². The molecular formula is C7H12F3NO4S. The van der Waals surface area contributed by atoms with Crippen molar-refractivity contribution in [2.24, 2.45) is 0 Å². The van der Waals surface area contributed by atoms with Crippen LogP contribution >= 0.6 is 0 Å². The summed E-state index contributed by atoms with van der Waals surface area (Å²) in [5.41, 5.74) is 0. The molecule has 1 rings (SSSR count). The lowest BCUT2D eigenvalue weighted by atomic mass is 10.2. The van der Waals surface area contributed by atoms with E-state index in [-0.39, 0.29) is 13.2 Å². The van der Waals surface area contributed by atoms with Crippen molar-refractivity contribution in [3.05, 3.63) is 0 Å². The Morgan fingerprint density at radius 1 is 1.44 bits per heavy atom. The van der Waals surface area contributed by atoms with Crippen molar-refractivity contribution >= 4 is 10.0 Å². The van der Waals surface area contributed by atoms with Crippen molar-refractivity contribution < 1.29 is 31.4 Å². The summed E-state index contributed by atoms with van der Waals surface area (Å²) >= 11 is 0. The van der Waals surface area contributed by atoms with Gasteiger partial charge < -0.3 is 9.84 Å². The molecule has 5 nitrogen and oxygen atoms in total. The first-order valence-corrected chi connectivity index (χ1v) is 6.06. The average Bonchev–Trinajstić information content (AvgIpc) is 1.94. The van der Waals surface area contributed by atoms with Crippen LogP contribution in [0.15, 0.2) is 0 Å². The first-order valence-electron chi connectivity index (χ1n) is 4.51. The Kier molecular flexibility index (Phi) is 4.16. The van der Waals surface area contributed by atoms with Gasteiger partial charge in [-0.15, -0.1) is 0 Å². The third-order valence-corrected chi connectivity index (χ3v) is 3.89. The molecule has 0 aromatic rings. The Morgan fingerprint density at radius 2 is 2.00 bits per heavy atom. The lowest BCUT2D eigenvalue weighted by molar-refractivity contribution is -0.140. The maximum absolute atomic E-state index is 12.0. The van der Waals surface area contributed by atoms with Gasteiger partial charge in [-0.25, -0.2) is 13.1 Å². The number of hydrogen-bond donors (Lipinski definition) is 2. The Hall–Kier alpha value is -0.380. The standard InChI is InChI=1S/C7H12F3NO4S/c8-7(9,10)1-5(2-12)11-16(13,14)6-3-15-4-6/h5-6,11-12H,1-4H2. The van der Waals surface area contributed by atoms with E-state index in [1.54, 1.807) is 0 Å². The summed E-state index contributed by atoms with van der Waals surface area (Å²) in [6, 6.07) is -1.54. The number of sulfonamides is 1. The normalized spacial score (nSPS) is 20.5. The molecule has 2 N–H and O–H groups in total. The molecule has 1 unspecified atom stereocenters. The van der Waals surface area contributed by atoms with Crippen LogP contribution in [0.2, 0.25) is 0 Å². The first-order chi connectivity index (χ1) is 7.24.